The lowest BCUT2D eigenvalue weighted by Gasteiger charge is -2.20. The molecule has 1 saturated carbocycles. The molecule has 2 rings (SSSR count). The number of hydrazine groups is 1. The van der Waals surface area contributed by atoms with Gasteiger partial charge in [0, 0.05) is 5.92 Å². The molecule has 1 aromatic carbocycles. The third kappa shape index (κ3) is 5.51. The number of amides is 2. The molecule has 0 heterocycles. The molecular formula is C18H25BrN2O3. The second-order valence-corrected chi connectivity index (χ2v) is 7.36. The van der Waals surface area contributed by atoms with E-state index in [0.717, 1.165) is 30.2 Å². The monoisotopic (exact) mass is 396 g/mol. The predicted octanol–water partition coefficient (Wildman–Crippen LogP) is 3.68. The highest BCUT2D eigenvalue weighted by molar-refractivity contribution is 9.10. The Hall–Kier alpha value is -1.56. The minimum atomic E-state index is -0.376. The molecule has 2 N–H and O–H groups in total. The van der Waals surface area contributed by atoms with Crippen molar-refractivity contribution >= 4 is 27.7 Å². The SMILES string of the molecule is CC(C)c1ccc(OCC(=O)NNC(=O)C2CCCCC2)c(Br)c1. The summed E-state index contributed by atoms with van der Waals surface area (Å²) in [6, 6.07) is 5.81. The third-order valence-electron chi connectivity index (χ3n) is 4.28. The van der Waals surface area contributed by atoms with E-state index in [1.54, 1.807) is 0 Å². The molecule has 0 aliphatic heterocycles. The van der Waals surface area contributed by atoms with E-state index in [9.17, 15) is 9.59 Å². The molecule has 24 heavy (non-hydrogen) atoms. The van der Waals surface area contributed by atoms with E-state index in [1.165, 1.54) is 12.0 Å². The molecule has 0 atom stereocenters. The summed E-state index contributed by atoms with van der Waals surface area (Å²) < 4.78 is 6.31. The Morgan fingerprint density at radius 2 is 1.92 bits per heavy atom. The van der Waals surface area contributed by atoms with Crippen LogP contribution in [0, 0.1) is 5.92 Å². The number of benzene rings is 1. The van der Waals surface area contributed by atoms with Gasteiger partial charge in [-0.05, 0) is 52.4 Å². The van der Waals surface area contributed by atoms with Gasteiger partial charge < -0.3 is 4.74 Å². The first-order valence-corrected chi connectivity index (χ1v) is 9.27. The summed E-state index contributed by atoms with van der Waals surface area (Å²) >= 11 is 3.45. The molecule has 1 aliphatic carbocycles. The van der Waals surface area contributed by atoms with Crippen LogP contribution in [0.2, 0.25) is 0 Å². The van der Waals surface area contributed by atoms with Crippen molar-refractivity contribution in [1.82, 2.24) is 10.9 Å². The topological polar surface area (TPSA) is 67.4 Å². The Balaban J connectivity index is 1.75. The van der Waals surface area contributed by atoms with Crippen molar-refractivity contribution in [3.63, 3.8) is 0 Å². The number of hydrogen-bond acceptors (Lipinski definition) is 3. The minimum Gasteiger partial charge on any atom is -0.483 e. The highest BCUT2D eigenvalue weighted by Gasteiger charge is 2.21. The molecule has 0 saturated heterocycles. The molecule has 0 spiro atoms. The van der Waals surface area contributed by atoms with Gasteiger partial charge in [-0.1, -0.05) is 39.2 Å². The van der Waals surface area contributed by atoms with Crippen LogP contribution in [0.25, 0.3) is 0 Å². The molecule has 1 aliphatic rings. The molecule has 0 unspecified atom stereocenters. The molecular weight excluding hydrogens is 372 g/mol. The quantitative estimate of drug-likeness (QED) is 0.745. The van der Waals surface area contributed by atoms with Gasteiger partial charge >= 0.3 is 0 Å². The van der Waals surface area contributed by atoms with E-state index in [2.05, 4.69) is 40.6 Å². The number of carbonyl (C=O) groups excluding carboxylic acids is 2. The maximum absolute atomic E-state index is 12.0. The summed E-state index contributed by atoms with van der Waals surface area (Å²) in [6.45, 7) is 4.08. The highest BCUT2D eigenvalue weighted by atomic mass is 79.9. The lowest BCUT2D eigenvalue weighted by molar-refractivity contribution is -0.132. The van der Waals surface area contributed by atoms with Crippen molar-refractivity contribution in [3.05, 3.63) is 28.2 Å². The summed E-state index contributed by atoms with van der Waals surface area (Å²) in [7, 11) is 0. The van der Waals surface area contributed by atoms with Gasteiger partial charge in [0.25, 0.3) is 5.91 Å². The van der Waals surface area contributed by atoms with E-state index < -0.39 is 0 Å². The van der Waals surface area contributed by atoms with E-state index in [-0.39, 0.29) is 24.3 Å². The van der Waals surface area contributed by atoms with Crippen LogP contribution < -0.4 is 15.6 Å². The van der Waals surface area contributed by atoms with Gasteiger partial charge in [0.2, 0.25) is 5.91 Å². The summed E-state index contributed by atoms with van der Waals surface area (Å²) in [6.07, 6.45) is 5.14. The molecule has 132 valence electrons. The van der Waals surface area contributed by atoms with Gasteiger partial charge in [-0.25, -0.2) is 0 Å². The Kier molecular flexibility index (Phi) is 7.09. The van der Waals surface area contributed by atoms with E-state index in [0.29, 0.717) is 11.7 Å². The number of hydrogen-bond donors (Lipinski definition) is 2. The zero-order valence-electron chi connectivity index (χ0n) is 14.2. The molecule has 0 aromatic heterocycles. The van der Waals surface area contributed by atoms with Crippen LogP contribution in [0.15, 0.2) is 22.7 Å². The normalized spacial score (nSPS) is 15.2. The zero-order chi connectivity index (χ0) is 17.5. The van der Waals surface area contributed by atoms with Crippen LogP contribution in [0.4, 0.5) is 0 Å². The summed E-state index contributed by atoms with van der Waals surface area (Å²) in [5, 5.41) is 0. The molecule has 1 fully saturated rings. The highest BCUT2D eigenvalue weighted by Crippen LogP contribution is 2.28. The maximum Gasteiger partial charge on any atom is 0.276 e. The fraction of sp³-hybridized carbons (Fsp3) is 0.556. The van der Waals surface area contributed by atoms with Crippen LogP contribution in [0.3, 0.4) is 0 Å². The Morgan fingerprint density at radius 3 is 2.54 bits per heavy atom. The second-order valence-electron chi connectivity index (χ2n) is 6.51. The van der Waals surface area contributed by atoms with Crippen LogP contribution in [0.5, 0.6) is 5.75 Å². The van der Waals surface area contributed by atoms with Gasteiger partial charge in [0.05, 0.1) is 4.47 Å². The number of halogens is 1. The van der Waals surface area contributed by atoms with E-state index in [1.807, 2.05) is 18.2 Å². The van der Waals surface area contributed by atoms with E-state index in [4.69, 9.17) is 4.74 Å². The first-order valence-electron chi connectivity index (χ1n) is 8.48. The van der Waals surface area contributed by atoms with Crippen molar-refractivity contribution in [3.8, 4) is 5.75 Å². The fourth-order valence-electron chi connectivity index (χ4n) is 2.77. The smallest absolute Gasteiger partial charge is 0.276 e. The van der Waals surface area contributed by atoms with Gasteiger partial charge in [0.15, 0.2) is 6.61 Å². The second kappa shape index (κ2) is 9.06. The van der Waals surface area contributed by atoms with Crippen molar-refractivity contribution in [1.29, 1.82) is 0 Å². The largest absolute Gasteiger partial charge is 0.483 e. The third-order valence-corrected chi connectivity index (χ3v) is 4.90. The fourth-order valence-corrected chi connectivity index (χ4v) is 3.28. The number of carbonyl (C=O) groups is 2. The van der Waals surface area contributed by atoms with Crippen molar-refractivity contribution in [2.24, 2.45) is 5.92 Å². The molecule has 1 aromatic rings. The summed E-state index contributed by atoms with van der Waals surface area (Å²) in [5.74, 6) is 0.559. The van der Waals surface area contributed by atoms with Crippen molar-refractivity contribution in [2.45, 2.75) is 51.9 Å². The first kappa shape index (κ1) is 18.8. The van der Waals surface area contributed by atoms with Crippen LogP contribution in [-0.4, -0.2) is 18.4 Å². The van der Waals surface area contributed by atoms with Gasteiger partial charge in [-0.15, -0.1) is 0 Å². The molecule has 0 bridgehead atoms. The summed E-state index contributed by atoms with van der Waals surface area (Å²) in [5.41, 5.74) is 6.11. The van der Waals surface area contributed by atoms with Crippen molar-refractivity contribution < 1.29 is 14.3 Å². The van der Waals surface area contributed by atoms with Gasteiger partial charge in [-0.3, -0.25) is 20.4 Å². The Labute approximate surface area is 151 Å². The Morgan fingerprint density at radius 1 is 1.21 bits per heavy atom. The van der Waals surface area contributed by atoms with Gasteiger partial charge in [0.1, 0.15) is 5.75 Å². The van der Waals surface area contributed by atoms with Gasteiger partial charge in [-0.2, -0.15) is 0 Å². The standard InChI is InChI=1S/C18H25BrN2O3/c1-12(2)14-8-9-16(15(19)10-14)24-11-17(22)20-21-18(23)13-6-4-3-5-7-13/h8-10,12-13H,3-7,11H2,1-2H3,(H,20,22)(H,21,23). The zero-order valence-corrected chi connectivity index (χ0v) is 15.8. The van der Waals surface area contributed by atoms with E-state index >= 15 is 0 Å². The average Bonchev–Trinajstić information content (AvgIpc) is 2.59. The molecule has 5 nitrogen and oxygen atoms in total. The first-order chi connectivity index (χ1) is 11.5. The lowest BCUT2D eigenvalue weighted by atomic mass is 9.89. The number of rotatable bonds is 5. The number of nitrogens with one attached hydrogen (secondary N) is 2. The van der Waals surface area contributed by atoms with Crippen molar-refractivity contribution in [2.75, 3.05) is 6.61 Å². The van der Waals surface area contributed by atoms with Crippen LogP contribution in [-0.2, 0) is 9.59 Å². The molecule has 2 amide bonds. The maximum atomic E-state index is 12.0. The molecule has 0 radical (unpaired) electrons. The summed E-state index contributed by atoms with van der Waals surface area (Å²) in [4.78, 5) is 23.8. The predicted molar refractivity (Wildman–Crippen MR) is 96.6 cm³/mol. The minimum absolute atomic E-state index is 0.0118. The Bertz CT molecular complexity index is 584. The number of ether oxygens (including phenoxy) is 1. The lowest BCUT2D eigenvalue weighted by Crippen LogP contribution is -2.46. The van der Waals surface area contributed by atoms with Crippen LogP contribution in [0.1, 0.15) is 57.4 Å². The molecule has 6 heteroatoms. The average molecular weight is 397 g/mol. The van der Waals surface area contributed by atoms with Crippen LogP contribution >= 0.6 is 15.9 Å².